The molecule has 0 bridgehead atoms. The smallest absolute Gasteiger partial charge is 0.314 e. The van der Waals surface area contributed by atoms with Gasteiger partial charge in [0.2, 0.25) is 0 Å². The first kappa shape index (κ1) is 15.8. The highest BCUT2D eigenvalue weighted by Crippen LogP contribution is 2.27. The van der Waals surface area contributed by atoms with Gasteiger partial charge in [0.15, 0.2) is 0 Å². The van der Waals surface area contributed by atoms with Crippen molar-refractivity contribution in [3.63, 3.8) is 0 Å². The molecule has 21 heavy (non-hydrogen) atoms. The molecule has 118 valence electrons. The summed E-state index contributed by atoms with van der Waals surface area (Å²) >= 11 is 0. The Kier molecular flexibility index (Phi) is 5.22. The van der Waals surface area contributed by atoms with Crippen LogP contribution in [-0.2, 0) is 6.42 Å². The minimum atomic E-state index is -0.725. The third-order valence-corrected chi connectivity index (χ3v) is 4.20. The fourth-order valence-corrected chi connectivity index (χ4v) is 2.85. The van der Waals surface area contributed by atoms with Gasteiger partial charge in [-0.1, -0.05) is 24.4 Å². The summed E-state index contributed by atoms with van der Waals surface area (Å²) in [7, 11) is 0. The number of carbonyl (C=O) groups is 1. The van der Waals surface area contributed by atoms with Gasteiger partial charge in [0.05, 0.1) is 11.3 Å². The van der Waals surface area contributed by atoms with Crippen molar-refractivity contribution in [3.8, 4) is 0 Å². The van der Waals surface area contributed by atoms with E-state index in [0.717, 1.165) is 42.7 Å². The van der Waals surface area contributed by atoms with Crippen molar-refractivity contribution in [1.82, 2.24) is 15.8 Å². The van der Waals surface area contributed by atoms with Crippen LogP contribution in [0.15, 0.2) is 4.52 Å². The molecule has 0 aromatic carbocycles. The first-order valence-electron chi connectivity index (χ1n) is 7.66. The predicted molar refractivity (Wildman–Crippen MR) is 79.1 cm³/mol. The van der Waals surface area contributed by atoms with E-state index in [1.54, 1.807) is 0 Å². The van der Waals surface area contributed by atoms with Gasteiger partial charge < -0.3 is 20.3 Å². The van der Waals surface area contributed by atoms with Crippen LogP contribution in [0.4, 0.5) is 4.79 Å². The van der Waals surface area contributed by atoms with Crippen LogP contribution in [0, 0.1) is 13.8 Å². The van der Waals surface area contributed by atoms with Crippen LogP contribution in [0.3, 0.4) is 0 Å². The number of nitrogens with one attached hydrogen (secondary N) is 2. The van der Waals surface area contributed by atoms with Crippen LogP contribution >= 0.6 is 0 Å². The minimum Gasteiger partial charge on any atom is -0.388 e. The van der Waals surface area contributed by atoms with Crippen molar-refractivity contribution in [2.75, 3.05) is 13.1 Å². The highest BCUT2D eigenvalue weighted by atomic mass is 16.5. The van der Waals surface area contributed by atoms with Gasteiger partial charge >= 0.3 is 6.03 Å². The van der Waals surface area contributed by atoms with Gasteiger partial charge in [-0.05, 0) is 33.1 Å². The molecule has 2 rings (SSSR count). The molecule has 0 saturated heterocycles. The second kappa shape index (κ2) is 6.93. The van der Waals surface area contributed by atoms with E-state index in [1.165, 1.54) is 6.42 Å². The summed E-state index contributed by atoms with van der Waals surface area (Å²) in [5, 5.41) is 19.8. The number of aryl methyl sites for hydroxylation is 2. The lowest BCUT2D eigenvalue weighted by molar-refractivity contribution is 0.00720. The van der Waals surface area contributed by atoms with Crippen molar-refractivity contribution in [2.45, 2.75) is 58.0 Å². The molecular weight excluding hydrogens is 270 g/mol. The van der Waals surface area contributed by atoms with Crippen molar-refractivity contribution in [2.24, 2.45) is 0 Å². The molecule has 1 saturated carbocycles. The Morgan fingerprint density at radius 1 is 1.29 bits per heavy atom. The van der Waals surface area contributed by atoms with Crippen LogP contribution in [0.25, 0.3) is 0 Å². The minimum absolute atomic E-state index is 0.235. The number of amides is 2. The Hall–Kier alpha value is -1.56. The fraction of sp³-hybridized carbons (Fsp3) is 0.733. The number of nitrogens with zero attached hydrogens (tertiary/aromatic N) is 1. The van der Waals surface area contributed by atoms with Crippen LogP contribution in [0.5, 0.6) is 0 Å². The summed E-state index contributed by atoms with van der Waals surface area (Å²) in [5.41, 5.74) is 1.18. The summed E-state index contributed by atoms with van der Waals surface area (Å²) in [5.74, 6) is 0.797. The monoisotopic (exact) mass is 295 g/mol. The quantitative estimate of drug-likeness (QED) is 0.773. The number of hydrogen-bond donors (Lipinski definition) is 3. The lowest BCUT2D eigenvalue weighted by Gasteiger charge is -2.32. The largest absolute Gasteiger partial charge is 0.388 e. The van der Waals surface area contributed by atoms with Gasteiger partial charge in [0.1, 0.15) is 5.76 Å². The highest BCUT2D eigenvalue weighted by Gasteiger charge is 2.29. The molecule has 3 N–H and O–H groups in total. The van der Waals surface area contributed by atoms with E-state index in [0.29, 0.717) is 19.5 Å². The van der Waals surface area contributed by atoms with Gasteiger partial charge in [0, 0.05) is 18.7 Å². The number of rotatable bonds is 5. The third-order valence-electron chi connectivity index (χ3n) is 4.20. The predicted octanol–water partition coefficient (Wildman–Crippen LogP) is 1.83. The number of hydrogen-bond acceptors (Lipinski definition) is 4. The lowest BCUT2D eigenvalue weighted by Crippen LogP contribution is -2.47. The molecule has 6 nitrogen and oxygen atoms in total. The Morgan fingerprint density at radius 2 is 2.00 bits per heavy atom. The second-order valence-electron chi connectivity index (χ2n) is 5.95. The molecule has 0 aliphatic heterocycles. The molecule has 1 aromatic heterocycles. The van der Waals surface area contributed by atoms with E-state index >= 15 is 0 Å². The van der Waals surface area contributed by atoms with E-state index in [-0.39, 0.29) is 6.03 Å². The van der Waals surface area contributed by atoms with Gasteiger partial charge in [0.25, 0.3) is 0 Å². The van der Waals surface area contributed by atoms with Gasteiger partial charge in [-0.15, -0.1) is 0 Å². The van der Waals surface area contributed by atoms with Gasteiger partial charge in [-0.25, -0.2) is 4.79 Å². The standard InChI is InChI=1S/C15H25N3O3/c1-11-13(12(2)21-18-11)6-9-16-14(19)17-10-15(20)7-4-3-5-8-15/h20H,3-10H2,1-2H3,(H2,16,17,19). The average molecular weight is 295 g/mol. The molecule has 1 fully saturated rings. The fourth-order valence-electron chi connectivity index (χ4n) is 2.85. The lowest BCUT2D eigenvalue weighted by atomic mass is 9.85. The third kappa shape index (κ3) is 4.46. The molecule has 1 aliphatic carbocycles. The Labute approximate surface area is 125 Å². The molecule has 2 amide bonds. The van der Waals surface area contributed by atoms with Crippen molar-refractivity contribution >= 4 is 6.03 Å². The van der Waals surface area contributed by atoms with E-state index in [9.17, 15) is 9.90 Å². The van der Waals surface area contributed by atoms with Crippen LogP contribution in [0.1, 0.15) is 49.1 Å². The molecule has 1 aromatic rings. The average Bonchev–Trinajstić information content (AvgIpc) is 2.78. The number of urea groups is 1. The molecule has 1 heterocycles. The van der Waals surface area contributed by atoms with E-state index < -0.39 is 5.60 Å². The van der Waals surface area contributed by atoms with Crippen LogP contribution in [0.2, 0.25) is 0 Å². The number of aliphatic hydroxyl groups is 1. The molecule has 0 radical (unpaired) electrons. The van der Waals surface area contributed by atoms with Gasteiger partial charge in [-0.3, -0.25) is 0 Å². The zero-order valence-corrected chi connectivity index (χ0v) is 12.9. The summed E-state index contributed by atoms with van der Waals surface area (Å²) in [6, 6.07) is -0.235. The molecule has 0 atom stereocenters. The number of aromatic nitrogens is 1. The topological polar surface area (TPSA) is 87.4 Å². The van der Waals surface area contributed by atoms with Crippen LogP contribution < -0.4 is 10.6 Å². The molecule has 6 heteroatoms. The summed E-state index contributed by atoms with van der Waals surface area (Å²) in [6.45, 7) is 4.61. The Balaban J connectivity index is 1.68. The second-order valence-corrected chi connectivity index (χ2v) is 5.95. The molecule has 0 spiro atoms. The summed E-state index contributed by atoms with van der Waals surface area (Å²) in [4.78, 5) is 11.8. The summed E-state index contributed by atoms with van der Waals surface area (Å²) < 4.78 is 5.08. The zero-order valence-electron chi connectivity index (χ0n) is 12.9. The summed E-state index contributed by atoms with van der Waals surface area (Å²) in [6.07, 6.45) is 5.47. The van der Waals surface area contributed by atoms with Crippen molar-refractivity contribution in [1.29, 1.82) is 0 Å². The van der Waals surface area contributed by atoms with E-state index in [1.807, 2.05) is 13.8 Å². The zero-order chi connectivity index (χ0) is 15.3. The van der Waals surface area contributed by atoms with Crippen molar-refractivity contribution in [3.05, 3.63) is 17.0 Å². The normalized spacial score (nSPS) is 17.5. The first-order valence-corrected chi connectivity index (χ1v) is 7.66. The molecular formula is C15H25N3O3. The van der Waals surface area contributed by atoms with Crippen LogP contribution in [-0.4, -0.2) is 35.0 Å². The first-order chi connectivity index (χ1) is 10.0. The van der Waals surface area contributed by atoms with E-state index in [4.69, 9.17) is 4.52 Å². The Bertz CT molecular complexity index is 459. The van der Waals surface area contributed by atoms with Gasteiger partial charge in [-0.2, -0.15) is 0 Å². The SMILES string of the molecule is Cc1noc(C)c1CCNC(=O)NCC1(O)CCCCC1. The maximum atomic E-state index is 11.8. The molecule has 0 unspecified atom stereocenters. The maximum Gasteiger partial charge on any atom is 0.314 e. The maximum absolute atomic E-state index is 11.8. The highest BCUT2D eigenvalue weighted by molar-refractivity contribution is 5.73. The Morgan fingerprint density at radius 3 is 2.62 bits per heavy atom. The van der Waals surface area contributed by atoms with E-state index in [2.05, 4.69) is 15.8 Å². The molecule has 1 aliphatic rings. The van der Waals surface area contributed by atoms with Crippen molar-refractivity contribution < 1.29 is 14.4 Å². The number of carbonyl (C=O) groups excluding carboxylic acids is 1.